The second-order valence-electron chi connectivity index (χ2n) is 6.99. The van der Waals surface area contributed by atoms with E-state index in [2.05, 4.69) is 20.1 Å². The van der Waals surface area contributed by atoms with Crippen LogP contribution in [0.1, 0.15) is 5.69 Å². The molecule has 0 saturated heterocycles. The van der Waals surface area contributed by atoms with Gasteiger partial charge in [0.25, 0.3) is 5.56 Å². The van der Waals surface area contributed by atoms with Crippen LogP contribution in [0.2, 0.25) is 0 Å². The summed E-state index contributed by atoms with van der Waals surface area (Å²) in [6.07, 6.45) is 5.64. The van der Waals surface area contributed by atoms with E-state index in [-0.39, 0.29) is 12.1 Å². The van der Waals surface area contributed by atoms with Crippen LogP contribution < -0.4 is 11.3 Å². The molecule has 0 bridgehead atoms. The molecule has 8 nitrogen and oxygen atoms in total. The minimum atomic E-state index is -0.255. The molecule has 4 aromatic heterocycles. The van der Waals surface area contributed by atoms with E-state index in [0.29, 0.717) is 22.2 Å². The molecule has 0 aliphatic carbocycles. The molecule has 0 aliphatic rings. The summed E-state index contributed by atoms with van der Waals surface area (Å²) in [7, 11) is 1.85. The van der Waals surface area contributed by atoms with E-state index in [0.717, 1.165) is 27.9 Å². The number of nitrogens with two attached hydrogens (primary N) is 1. The van der Waals surface area contributed by atoms with Crippen molar-refractivity contribution in [2.45, 2.75) is 6.54 Å². The molecular weight excluding hydrogens is 378 g/mol. The number of aromatic amines is 1. The Morgan fingerprint density at radius 2 is 2.07 bits per heavy atom. The quantitative estimate of drug-likeness (QED) is 0.458. The SMILES string of the molecule is [C-]#[N+]c1c(-c2c(-c3ccc4c(=O)[nH]nc(CN)c4c3)cnn2C)cn2ccccc12. The zero-order valence-corrected chi connectivity index (χ0v) is 16.1. The first-order chi connectivity index (χ1) is 14.6. The van der Waals surface area contributed by atoms with Gasteiger partial charge in [0.1, 0.15) is 0 Å². The highest BCUT2D eigenvalue weighted by Gasteiger charge is 2.20. The average molecular weight is 395 g/mol. The first-order valence-electron chi connectivity index (χ1n) is 9.33. The minimum Gasteiger partial charge on any atom is -0.334 e. The maximum atomic E-state index is 12.2. The number of aryl methyl sites for hydroxylation is 1. The lowest BCUT2D eigenvalue weighted by Crippen LogP contribution is -2.13. The van der Waals surface area contributed by atoms with Crippen molar-refractivity contribution < 1.29 is 0 Å². The number of hydrogen-bond acceptors (Lipinski definition) is 4. The van der Waals surface area contributed by atoms with Gasteiger partial charge in [0.05, 0.1) is 35.1 Å². The molecule has 146 valence electrons. The Morgan fingerprint density at radius 1 is 1.20 bits per heavy atom. The third-order valence-corrected chi connectivity index (χ3v) is 5.33. The zero-order valence-electron chi connectivity index (χ0n) is 16.1. The van der Waals surface area contributed by atoms with Crippen LogP contribution in [0.4, 0.5) is 5.69 Å². The summed E-state index contributed by atoms with van der Waals surface area (Å²) in [5.41, 5.74) is 11.0. The van der Waals surface area contributed by atoms with Gasteiger partial charge in [-0.25, -0.2) is 9.94 Å². The standard InChI is InChI=1S/C22H17N7O/c1-24-20-17(12-29-8-4-3-5-19(20)29)21-16(11-25-28(21)2)13-6-7-14-15(9-13)18(10-23)26-27-22(14)30/h3-9,11-12H,10,23H2,2H3,(H,27,30). The fourth-order valence-electron chi connectivity index (χ4n) is 3.91. The summed E-state index contributed by atoms with van der Waals surface area (Å²) < 4.78 is 3.71. The fourth-order valence-corrected chi connectivity index (χ4v) is 3.91. The second kappa shape index (κ2) is 6.69. The largest absolute Gasteiger partial charge is 0.334 e. The van der Waals surface area contributed by atoms with Crippen LogP contribution in [-0.2, 0) is 13.6 Å². The third kappa shape index (κ3) is 2.53. The lowest BCUT2D eigenvalue weighted by atomic mass is 9.99. The van der Waals surface area contributed by atoms with Crippen LogP contribution >= 0.6 is 0 Å². The molecule has 0 radical (unpaired) electrons. The molecule has 1 aromatic carbocycles. The van der Waals surface area contributed by atoms with Crippen LogP contribution in [0.25, 0.3) is 43.5 Å². The second-order valence-corrected chi connectivity index (χ2v) is 6.99. The number of nitrogens with one attached hydrogen (secondary N) is 1. The molecule has 0 amide bonds. The van der Waals surface area contributed by atoms with Gasteiger partial charge in [-0.2, -0.15) is 10.2 Å². The van der Waals surface area contributed by atoms with Gasteiger partial charge >= 0.3 is 0 Å². The Bertz CT molecular complexity index is 1530. The number of benzene rings is 1. The van der Waals surface area contributed by atoms with E-state index in [1.807, 2.05) is 54.2 Å². The van der Waals surface area contributed by atoms with Gasteiger partial charge in [0.15, 0.2) is 0 Å². The molecule has 4 heterocycles. The van der Waals surface area contributed by atoms with E-state index in [9.17, 15) is 4.79 Å². The number of rotatable bonds is 3. The molecule has 0 fully saturated rings. The Hall–Kier alpha value is -4.22. The summed E-state index contributed by atoms with van der Waals surface area (Å²) in [5, 5.41) is 12.3. The zero-order chi connectivity index (χ0) is 20.8. The smallest absolute Gasteiger partial charge is 0.272 e. The number of aromatic nitrogens is 5. The lowest BCUT2D eigenvalue weighted by Gasteiger charge is -2.08. The van der Waals surface area contributed by atoms with Crippen LogP contribution in [0.15, 0.2) is 59.8 Å². The molecule has 5 rings (SSSR count). The molecule has 5 aromatic rings. The molecule has 8 heteroatoms. The minimum absolute atomic E-state index is 0.212. The number of nitrogens with zero attached hydrogens (tertiary/aromatic N) is 5. The predicted octanol–water partition coefficient (Wildman–Crippen LogP) is 3.25. The van der Waals surface area contributed by atoms with Crippen molar-refractivity contribution in [3.63, 3.8) is 0 Å². The van der Waals surface area contributed by atoms with E-state index in [1.165, 1.54) is 0 Å². The van der Waals surface area contributed by atoms with Crippen LogP contribution in [0.3, 0.4) is 0 Å². The van der Waals surface area contributed by atoms with Gasteiger partial charge in [0.2, 0.25) is 5.69 Å². The van der Waals surface area contributed by atoms with Gasteiger partial charge in [-0.05, 0) is 29.8 Å². The predicted molar refractivity (Wildman–Crippen MR) is 115 cm³/mol. The summed E-state index contributed by atoms with van der Waals surface area (Å²) in [6, 6.07) is 11.3. The van der Waals surface area contributed by atoms with Gasteiger partial charge in [-0.1, -0.05) is 12.1 Å². The van der Waals surface area contributed by atoms with Gasteiger partial charge in [0, 0.05) is 42.5 Å². The number of pyridine rings is 1. The molecule has 3 N–H and O–H groups in total. The van der Waals surface area contributed by atoms with Crippen LogP contribution in [-0.4, -0.2) is 24.4 Å². The van der Waals surface area contributed by atoms with E-state index < -0.39 is 0 Å². The average Bonchev–Trinajstić information content (AvgIpc) is 3.33. The van der Waals surface area contributed by atoms with Crippen molar-refractivity contribution in [3.05, 3.63) is 82.5 Å². The normalized spacial score (nSPS) is 11.2. The highest BCUT2D eigenvalue weighted by Crippen LogP contribution is 2.41. The Balaban J connectivity index is 1.79. The molecule has 0 saturated carbocycles. The van der Waals surface area contributed by atoms with Crippen LogP contribution in [0.5, 0.6) is 0 Å². The Kier molecular flexibility index (Phi) is 3.98. The molecule has 30 heavy (non-hydrogen) atoms. The molecule has 0 spiro atoms. The van der Waals surface area contributed by atoms with Crippen molar-refractivity contribution in [2.75, 3.05) is 0 Å². The molecule has 0 atom stereocenters. The summed E-state index contributed by atoms with van der Waals surface area (Å²) in [6.45, 7) is 7.95. The number of H-pyrrole nitrogens is 1. The lowest BCUT2D eigenvalue weighted by molar-refractivity contribution is 0.776. The topological polar surface area (TPSA) is 98.4 Å². The Labute approximate surface area is 171 Å². The first kappa shape index (κ1) is 17.8. The maximum absolute atomic E-state index is 12.2. The van der Waals surface area contributed by atoms with Crippen molar-refractivity contribution >= 4 is 22.0 Å². The maximum Gasteiger partial charge on any atom is 0.272 e. The van der Waals surface area contributed by atoms with E-state index in [4.69, 9.17) is 12.3 Å². The van der Waals surface area contributed by atoms with E-state index in [1.54, 1.807) is 16.9 Å². The molecule has 0 unspecified atom stereocenters. The van der Waals surface area contributed by atoms with Crippen molar-refractivity contribution in [3.8, 4) is 22.4 Å². The monoisotopic (exact) mass is 395 g/mol. The van der Waals surface area contributed by atoms with E-state index >= 15 is 0 Å². The van der Waals surface area contributed by atoms with Gasteiger partial charge in [-0.3, -0.25) is 9.48 Å². The summed E-state index contributed by atoms with van der Waals surface area (Å²) in [5.74, 6) is 0. The fraction of sp³-hybridized carbons (Fsp3) is 0.0909. The van der Waals surface area contributed by atoms with Crippen LogP contribution in [0, 0.1) is 6.57 Å². The van der Waals surface area contributed by atoms with Gasteiger partial charge in [-0.15, -0.1) is 0 Å². The first-order valence-corrected chi connectivity index (χ1v) is 9.33. The van der Waals surface area contributed by atoms with Gasteiger partial charge < -0.3 is 10.1 Å². The number of hydrogen-bond donors (Lipinski definition) is 2. The number of fused-ring (bicyclic) bond motifs is 2. The van der Waals surface area contributed by atoms with Crippen molar-refractivity contribution in [1.29, 1.82) is 0 Å². The summed E-state index contributed by atoms with van der Waals surface area (Å²) in [4.78, 5) is 16.0. The molecule has 0 aliphatic heterocycles. The highest BCUT2D eigenvalue weighted by molar-refractivity contribution is 5.96. The highest BCUT2D eigenvalue weighted by atomic mass is 16.1. The molecular formula is C22H17N7O. The summed E-state index contributed by atoms with van der Waals surface area (Å²) >= 11 is 0. The van der Waals surface area contributed by atoms with Crippen molar-refractivity contribution in [1.82, 2.24) is 24.4 Å². The third-order valence-electron chi connectivity index (χ3n) is 5.33. The Morgan fingerprint density at radius 3 is 2.87 bits per heavy atom. The van der Waals surface area contributed by atoms with Crippen molar-refractivity contribution in [2.24, 2.45) is 12.8 Å².